The summed E-state index contributed by atoms with van der Waals surface area (Å²) in [5.41, 5.74) is -6.80. The van der Waals surface area contributed by atoms with Gasteiger partial charge in [0, 0.05) is 20.2 Å². The molecular weight excluding hydrogens is 425 g/mol. The van der Waals surface area contributed by atoms with Crippen LogP contribution in [0.3, 0.4) is 0 Å². The van der Waals surface area contributed by atoms with Gasteiger partial charge in [-0.15, -0.1) is 16.5 Å². The average Bonchev–Trinajstić information content (AvgIpc) is 2.43. The van der Waals surface area contributed by atoms with E-state index in [0.717, 1.165) is 6.08 Å². The van der Waals surface area contributed by atoms with E-state index in [9.17, 15) is 36.0 Å². The quantitative estimate of drug-likeness (QED) is 0.385. The smallest absolute Gasteiger partial charge is 0.550 e. The summed E-state index contributed by atoms with van der Waals surface area (Å²) in [7, 11) is -3.62. The van der Waals surface area contributed by atoms with Crippen molar-refractivity contribution in [2.45, 2.75) is 11.6 Å². The van der Waals surface area contributed by atoms with Crippen molar-refractivity contribution in [2.75, 3.05) is 14.1 Å². The average molecular weight is 436 g/mol. The van der Waals surface area contributed by atoms with E-state index in [0.29, 0.717) is 6.20 Å². The van der Waals surface area contributed by atoms with E-state index in [4.69, 9.17) is 0 Å². The van der Waals surface area contributed by atoms with Crippen LogP contribution in [0.1, 0.15) is 0 Å². The third-order valence-electron chi connectivity index (χ3n) is 3.31. The molecule has 0 aromatic carbocycles. The minimum absolute atomic E-state index is 0.116. The Kier molecular flexibility index (Phi) is 6.06. The normalized spacial score (nSPS) is 24.2. The van der Waals surface area contributed by atoms with Gasteiger partial charge < -0.3 is 17.5 Å². The maximum Gasteiger partial charge on any atom is 0.550 e. The van der Waals surface area contributed by atoms with Crippen molar-refractivity contribution in [3.63, 3.8) is 0 Å². The molecule has 2 unspecified atom stereocenters. The number of quaternary nitrogens is 1. The van der Waals surface area contributed by atoms with E-state index < -0.39 is 46.5 Å². The summed E-state index contributed by atoms with van der Waals surface area (Å²) in [4.78, 5) is 36.9. The summed E-state index contributed by atoms with van der Waals surface area (Å²) in [6.07, 6.45) is 1.09. The molecule has 1 aliphatic heterocycles. The minimum atomic E-state index is -6.38. The molecule has 1 rings (SSSR count). The Balaban J connectivity index is 4.04. The number of allylic oxidation sites excluding steroid dienone is 1. The monoisotopic (exact) mass is 436 g/mol. The molecule has 14 heteroatoms. The summed E-state index contributed by atoms with van der Waals surface area (Å²) in [5.74, 6) is 0. The van der Waals surface area contributed by atoms with Crippen LogP contribution in [0.5, 0.6) is 0 Å². The summed E-state index contributed by atoms with van der Waals surface area (Å²) in [6, 6.07) is -2.47. The standard InChI is InChI=1S/C11H11F3N2O5S4/c1-15(2)5-3-4-16(10(19)24,25(20,21)11(12,13)14)7(9(18)23)6(5)8(17)22/h3-4,7H,1-2H3,(H2-,17,18,19,22,23,24). The molecule has 2 atom stereocenters. The molecule has 0 saturated carbocycles. The Morgan fingerprint density at radius 2 is 1.72 bits per heavy atom. The summed E-state index contributed by atoms with van der Waals surface area (Å²) in [5, 5.41) is -4.64. The molecule has 0 saturated heterocycles. The molecule has 0 fully saturated rings. The third-order valence-corrected chi connectivity index (χ3v) is 6.09. The SMILES string of the molecule is CN(C)C1=C(C(=O)S)C(C(=O)S)[N+](C(=O)[S-])(S(=O)(=O)C(F)(F)F)C=C1. The number of sulfonamides is 1. The second-order valence-corrected chi connectivity index (χ2v) is 8.16. The minimum Gasteiger partial charge on any atom is -0.674 e. The van der Waals surface area contributed by atoms with E-state index in [1.54, 1.807) is 0 Å². The zero-order valence-electron chi connectivity index (χ0n) is 12.5. The molecule has 0 bridgehead atoms. The second-order valence-electron chi connectivity index (χ2n) is 4.95. The molecule has 0 aliphatic carbocycles. The number of likely N-dealkylation sites (N-methyl/N-ethyl adjacent to an activating group) is 1. The van der Waals surface area contributed by atoms with Crippen LogP contribution in [0, 0.1) is 0 Å². The lowest BCUT2D eigenvalue weighted by molar-refractivity contribution is -0.672. The molecule has 0 aromatic rings. The number of thiol groups is 2. The van der Waals surface area contributed by atoms with Crippen LogP contribution in [-0.2, 0) is 32.2 Å². The van der Waals surface area contributed by atoms with Gasteiger partial charge in [-0.2, -0.15) is 21.6 Å². The molecule has 1 aliphatic rings. The first-order valence-electron chi connectivity index (χ1n) is 6.11. The lowest BCUT2D eigenvalue weighted by Gasteiger charge is -2.41. The molecule has 140 valence electrons. The van der Waals surface area contributed by atoms with E-state index in [2.05, 4.69) is 37.9 Å². The lowest BCUT2D eigenvalue weighted by Crippen LogP contribution is -2.65. The number of hydrogen-bond donors (Lipinski definition) is 2. The summed E-state index contributed by atoms with van der Waals surface area (Å²) < 4.78 is 60.9. The van der Waals surface area contributed by atoms with E-state index in [1.807, 2.05) is 0 Å². The maximum absolute atomic E-state index is 13.1. The summed E-state index contributed by atoms with van der Waals surface area (Å²) >= 11 is 11.1. The Morgan fingerprint density at radius 1 is 1.24 bits per heavy atom. The van der Waals surface area contributed by atoms with Gasteiger partial charge in [-0.25, -0.2) is 0 Å². The second kappa shape index (κ2) is 6.90. The van der Waals surface area contributed by atoms with Gasteiger partial charge in [0.1, 0.15) is 6.20 Å². The number of nitrogens with zero attached hydrogens (tertiary/aromatic N) is 2. The zero-order chi connectivity index (χ0) is 20.0. The van der Waals surface area contributed by atoms with Crippen molar-refractivity contribution < 1.29 is 39.9 Å². The molecule has 25 heavy (non-hydrogen) atoms. The first-order chi connectivity index (χ1) is 11.1. The van der Waals surface area contributed by atoms with E-state index in [1.165, 1.54) is 19.0 Å². The van der Waals surface area contributed by atoms with Crippen molar-refractivity contribution in [3.8, 4) is 0 Å². The fraction of sp³-hybridized carbons (Fsp3) is 0.364. The number of carbonyl (C=O) groups is 3. The van der Waals surface area contributed by atoms with Gasteiger partial charge in [0.25, 0.3) is 0 Å². The topological polar surface area (TPSA) is 88.6 Å². The van der Waals surface area contributed by atoms with Gasteiger partial charge in [0.2, 0.25) is 21.5 Å². The van der Waals surface area contributed by atoms with Crippen molar-refractivity contribution in [2.24, 2.45) is 0 Å². The van der Waals surface area contributed by atoms with E-state index >= 15 is 0 Å². The van der Waals surface area contributed by atoms with Crippen LogP contribution < -0.4 is 0 Å². The Morgan fingerprint density at radius 3 is 2.00 bits per heavy atom. The van der Waals surface area contributed by atoms with Gasteiger partial charge in [0.15, 0.2) is 0 Å². The predicted molar refractivity (Wildman–Crippen MR) is 89.6 cm³/mol. The van der Waals surface area contributed by atoms with Crippen LogP contribution in [0.2, 0.25) is 0 Å². The van der Waals surface area contributed by atoms with Crippen molar-refractivity contribution in [1.29, 1.82) is 0 Å². The predicted octanol–water partition coefficient (Wildman–Crippen LogP) is 0.944. The highest BCUT2D eigenvalue weighted by atomic mass is 32.2. The number of carbonyl (C=O) groups excluding carboxylic acids is 3. The highest BCUT2D eigenvalue weighted by Gasteiger charge is 2.67. The number of hydrogen-bond acceptors (Lipinski definition) is 7. The number of halogens is 3. The van der Waals surface area contributed by atoms with Crippen LogP contribution >= 0.6 is 25.3 Å². The Bertz CT molecular complexity index is 803. The van der Waals surface area contributed by atoms with Crippen LogP contribution in [0.25, 0.3) is 0 Å². The van der Waals surface area contributed by atoms with Gasteiger partial charge in [0.05, 0.1) is 11.3 Å². The molecular formula is C11H11F3N2O5S4. The molecule has 0 N–H and O–H groups in total. The van der Waals surface area contributed by atoms with E-state index in [-0.39, 0.29) is 5.70 Å². The van der Waals surface area contributed by atoms with Gasteiger partial charge >= 0.3 is 15.5 Å². The van der Waals surface area contributed by atoms with Gasteiger partial charge in [-0.1, -0.05) is 12.6 Å². The third kappa shape index (κ3) is 3.32. The van der Waals surface area contributed by atoms with Crippen LogP contribution in [0.15, 0.2) is 23.5 Å². The Hall–Kier alpha value is -1.09. The molecule has 0 spiro atoms. The highest BCUT2D eigenvalue weighted by Crippen LogP contribution is 2.42. The zero-order valence-corrected chi connectivity index (χ0v) is 15.9. The largest absolute Gasteiger partial charge is 0.674 e. The number of alkyl halides is 3. The van der Waals surface area contributed by atoms with Crippen LogP contribution in [-0.4, -0.2) is 58.3 Å². The number of rotatable bonds is 4. The summed E-state index contributed by atoms with van der Waals surface area (Å²) in [6.45, 7) is 0. The first kappa shape index (κ1) is 22.0. The highest BCUT2D eigenvalue weighted by molar-refractivity contribution is 7.98. The number of amides is 1. The molecule has 0 aromatic heterocycles. The van der Waals surface area contributed by atoms with Crippen molar-refractivity contribution >= 4 is 63.4 Å². The lowest BCUT2D eigenvalue weighted by atomic mass is 10.0. The first-order valence-corrected chi connectivity index (χ1v) is 8.85. The van der Waals surface area contributed by atoms with Crippen molar-refractivity contribution in [1.82, 2.24) is 4.90 Å². The van der Waals surface area contributed by atoms with Crippen LogP contribution in [0.4, 0.5) is 18.0 Å². The molecule has 0 radical (unpaired) electrons. The van der Waals surface area contributed by atoms with Crippen molar-refractivity contribution in [3.05, 3.63) is 23.5 Å². The molecule has 1 heterocycles. The van der Waals surface area contributed by atoms with Gasteiger partial charge in [-0.3, -0.25) is 14.4 Å². The maximum atomic E-state index is 13.1. The fourth-order valence-corrected chi connectivity index (χ4v) is 4.57. The fourth-order valence-electron chi connectivity index (χ4n) is 2.25. The molecule has 7 nitrogen and oxygen atoms in total. The van der Waals surface area contributed by atoms with Gasteiger partial charge in [-0.05, 0) is 0 Å². The Labute approximate surface area is 157 Å². The molecule has 1 amide bonds.